The third-order valence-corrected chi connectivity index (χ3v) is 7.89. The minimum atomic E-state index is -3.70. The second-order valence-electron chi connectivity index (χ2n) is 7.47. The Labute approximate surface area is 191 Å². The Balaban J connectivity index is 1.69. The molecular formula is C21H23Cl2N3O4S. The third-order valence-electron chi connectivity index (χ3n) is 5.45. The van der Waals surface area contributed by atoms with E-state index in [2.05, 4.69) is 10.2 Å². The Morgan fingerprint density at radius 2 is 1.68 bits per heavy atom. The van der Waals surface area contributed by atoms with E-state index in [0.29, 0.717) is 37.0 Å². The van der Waals surface area contributed by atoms with Crippen molar-refractivity contribution < 1.29 is 17.9 Å². The van der Waals surface area contributed by atoms with E-state index in [0.717, 1.165) is 31.6 Å². The summed E-state index contributed by atoms with van der Waals surface area (Å²) in [6, 6.07) is 9.52. The fraction of sp³-hybridized carbons (Fsp3) is 0.381. The first-order chi connectivity index (χ1) is 14.9. The predicted molar refractivity (Wildman–Crippen MR) is 122 cm³/mol. The Hall–Kier alpha value is -1.84. The molecule has 0 aromatic heterocycles. The van der Waals surface area contributed by atoms with Crippen LogP contribution in [0.2, 0.25) is 10.0 Å². The number of anilines is 2. The van der Waals surface area contributed by atoms with Gasteiger partial charge < -0.3 is 15.0 Å². The Morgan fingerprint density at radius 3 is 2.35 bits per heavy atom. The molecule has 2 aliphatic heterocycles. The van der Waals surface area contributed by atoms with Crippen LogP contribution in [0.1, 0.15) is 23.2 Å². The van der Waals surface area contributed by atoms with E-state index in [1.165, 1.54) is 16.4 Å². The van der Waals surface area contributed by atoms with Crippen LogP contribution < -0.4 is 10.2 Å². The second kappa shape index (κ2) is 9.34. The molecule has 1 N–H and O–H groups in total. The zero-order valence-corrected chi connectivity index (χ0v) is 19.1. The van der Waals surface area contributed by atoms with E-state index in [-0.39, 0.29) is 15.5 Å². The van der Waals surface area contributed by atoms with Gasteiger partial charge in [0.05, 0.1) is 40.1 Å². The van der Waals surface area contributed by atoms with Crippen LogP contribution in [0.3, 0.4) is 0 Å². The molecule has 1 amide bonds. The van der Waals surface area contributed by atoms with E-state index in [4.69, 9.17) is 27.9 Å². The number of carbonyl (C=O) groups is 1. The molecule has 0 bridgehead atoms. The molecule has 2 heterocycles. The fourth-order valence-corrected chi connectivity index (χ4v) is 5.74. The highest BCUT2D eigenvalue weighted by Crippen LogP contribution is 2.33. The molecule has 4 rings (SSSR count). The zero-order chi connectivity index (χ0) is 22.0. The van der Waals surface area contributed by atoms with Gasteiger partial charge in [0.25, 0.3) is 5.91 Å². The summed E-state index contributed by atoms with van der Waals surface area (Å²) in [6.07, 6.45) is 2.09. The van der Waals surface area contributed by atoms with Gasteiger partial charge >= 0.3 is 0 Å². The molecule has 0 aliphatic carbocycles. The maximum atomic E-state index is 13.1. The number of morpholine rings is 1. The molecule has 31 heavy (non-hydrogen) atoms. The summed E-state index contributed by atoms with van der Waals surface area (Å²) in [5, 5.41) is 3.52. The lowest BCUT2D eigenvalue weighted by atomic mass is 10.2. The number of halogens is 2. The second-order valence-corrected chi connectivity index (χ2v) is 10.2. The van der Waals surface area contributed by atoms with Crippen LogP contribution >= 0.6 is 23.2 Å². The maximum absolute atomic E-state index is 13.1. The van der Waals surface area contributed by atoms with Gasteiger partial charge in [-0.05, 0) is 49.2 Å². The van der Waals surface area contributed by atoms with E-state index < -0.39 is 15.9 Å². The molecule has 7 nitrogen and oxygen atoms in total. The molecule has 0 unspecified atom stereocenters. The van der Waals surface area contributed by atoms with Gasteiger partial charge in [-0.1, -0.05) is 23.2 Å². The van der Waals surface area contributed by atoms with Gasteiger partial charge in [0.15, 0.2) is 0 Å². The van der Waals surface area contributed by atoms with Crippen LogP contribution in [0.5, 0.6) is 0 Å². The zero-order valence-electron chi connectivity index (χ0n) is 16.8. The average Bonchev–Trinajstić information content (AvgIpc) is 3.29. The third kappa shape index (κ3) is 4.83. The SMILES string of the molecule is O=C(Nc1cc(S(=O)(=O)N2CCOCC2)ccc1N1CCCC1)c1ccc(Cl)cc1Cl. The van der Waals surface area contributed by atoms with Crippen molar-refractivity contribution in [3.63, 3.8) is 0 Å². The number of benzene rings is 2. The smallest absolute Gasteiger partial charge is 0.257 e. The van der Waals surface area contributed by atoms with Gasteiger partial charge in [-0.15, -0.1) is 0 Å². The van der Waals surface area contributed by atoms with Crippen LogP contribution in [-0.2, 0) is 14.8 Å². The van der Waals surface area contributed by atoms with Crippen LogP contribution in [-0.4, -0.2) is 58.0 Å². The monoisotopic (exact) mass is 483 g/mol. The first-order valence-corrected chi connectivity index (χ1v) is 12.3. The van der Waals surface area contributed by atoms with Crippen molar-refractivity contribution in [1.82, 2.24) is 4.31 Å². The minimum absolute atomic E-state index is 0.134. The number of nitrogens with zero attached hydrogens (tertiary/aromatic N) is 2. The van der Waals surface area contributed by atoms with Crippen LogP contribution in [0, 0.1) is 0 Å². The first kappa shape index (κ1) is 22.4. The molecule has 0 radical (unpaired) electrons. The van der Waals surface area contributed by atoms with Crippen molar-refractivity contribution in [2.24, 2.45) is 0 Å². The van der Waals surface area contributed by atoms with Crippen LogP contribution in [0.25, 0.3) is 0 Å². The molecule has 166 valence electrons. The molecule has 2 aromatic carbocycles. The number of sulfonamides is 1. The summed E-state index contributed by atoms with van der Waals surface area (Å²) >= 11 is 12.1. The molecule has 2 aliphatic rings. The Bertz CT molecular complexity index is 1080. The van der Waals surface area contributed by atoms with Crippen molar-refractivity contribution >= 4 is 50.5 Å². The highest BCUT2D eigenvalue weighted by Gasteiger charge is 2.28. The summed E-state index contributed by atoms with van der Waals surface area (Å²) < 4.78 is 32.9. The largest absolute Gasteiger partial charge is 0.379 e. The Morgan fingerprint density at radius 1 is 0.968 bits per heavy atom. The van der Waals surface area contributed by atoms with Gasteiger partial charge in [-0.25, -0.2) is 8.42 Å². The highest BCUT2D eigenvalue weighted by molar-refractivity contribution is 7.89. The van der Waals surface area contributed by atoms with Gasteiger partial charge in [-0.2, -0.15) is 4.31 Å². The Kier molecular flexibility index (Phi) is 6.74. The predicted octanol–water partition coefficient (Wildman–Crippen LogP) is 3.87. The number of hydrogen-bond donors (Lipinski definition) is 1. The fourth-order valence-electron chi connectivity index (χ4n) is 3.81. The number of rotatable bonds is 5. The van der Waals surface area contributed by atoms with Crippen molar-refractivity contribution in [3.05, 3.63) is 52.0 Å². The molecular weight excluding hydrogens is 461 g/mol. The molecule has 0 spiro atoms. The van der Waals surface area contributed by atoms with Crippen molar-refractivity contribution in [2.45, 2.75) is 17.7 Å². The lowest BCUT2D eigenvalue weighted by Crippen LogP contribution is -2.40. The molecule has 2 aromatic rings. The van der Waals surface area contributed by atoms with Gasteiger partial charge in [0, 0.05) is 31.2 Å². The molecule has 2 saturated heterocycles. The van der Waals surface area contributed by atoms with E-state index >= 15 is 0 Å². The lowest BCUT2D eigenvalue weighted by Gasteiger charge is -2.27. The number of amides is 1. The summed E-state index contributed by atoms with van der Waals surface area (Å²) in [4.78, 5) is 15.2. The molecule has 10 heteroatoms. The van der Waals surface area contributed by atoms with E-state index in [1.54, 1.807) is 24.3 Å². The highest BCUT2D eigenvalue weighted by atomic mass is 35.5. The normalized spacial score (nSPS) is 17.7. The minimum Gasteiger partial charge on any atom is -0.379 e. The van der Waals surface area contributed by atoms with Gasteiger partial charge in [0.1, 0.15) is 0 Å². The molecule has 0 atom stereocenters. The quantitative estimate of drug-likeness (QED) is 0.698. The molecule has 2 fully saturated rings. The van der Waals surface area contributed by atoms with Crippen molar-refractivity contribution in [3.8, 4) is 0 Å². The first-order valence-electron chi connectivity index (χ1n) is 10.1. The van der Waals surface area contributed by atoms with Gasteiger partial charge in [0.2, 0.25) is 10.0 Å². The summed E-state index contributed by atoms with van der Waals surface area (Å²) in [5.41, 5.74) is 1.49. The molecule has 0 saturated carbocycles. The van der Waals surface area contributed by atoms with Crippen LogP contribution in [0.4, 0.5) is 11.4 Å². The van der Waals surface area contributed by atoms with Crippen LogP contribution in [0.15, 0.2) is 41.3 Å². The van der Waals surface area contributed by atoms with E-state index in [9.17, 15) is 13.2 Å². The average molecular weight is 484 g/mol. The standard InChI is InChI=1S/C21H23Cl2N3O4S/c22-15-3-5-17(18(23)13-15)21(27)24-19-14-16(4-6-20(19)25-7-1-2-8-25)31(28,29)26-9-11-30-12-10-26/h3-6,13-14H,1-2,7-12H2,(H,24,27). The summed E-state index contributed by atoms with van der Waals surface area (Å²) in [5.74, 6) is -0.428. The summed E-state index contributed by atoms with van der Waals surface area (Å²) in [6.45, 7) is 3.03. The number of hydrogen-bond acceptors (Lipinski definition) is 5. The topological polar surface area (TPSA) is 79.0 Å². The maximum Gasteiger partial charge on any atom is 0.257 e. The van der Waals surface area contributed by atoms with E-state index in [1.807, 2.05) is 0 Å². The number of carbonyl (C=O) groups excluding carboxylic acids is 1. The lowest BCUT2D eigenvalue weighted by molar-refractivity contribution is 0.0730. The summed E-state index contributed by atoms with van der Waals surface area (Å²) in [7, 11) is -3.70. The number of nitrogens with one attached hydrogen (secondary N) is 1. The van der Waals surface area contributed by atoms with Crippen molar-refractivity contribution in [1.29, 1.82) is 0 Å². The number of ether oxygens (including phenoxy) is 1. The van der Waals surface area contributed by atoms with Gasteiger partial charge in [-0.3, -0.25) is 4.79 Å². The van der Waals surface area contributed by atoms with Crippen molar-refractivity contribution in [2.75, 3.05) is 49.6 Å².